The van der Waals surface area contributed by atoms with E-state index in [-0.39, 0.29) is 12.2 Å². The Morgan fingerprint density at radius 1 is 1.16 bits per heavy atom. The summed E-state index contributed by atoms with van der Waals surface area (Å²) in [7, 11) is 8.99. The largest absolute Gasteiger partial charge is 0.497 e. The maximum Gasteiger partial charge on any atom is 0.432 e. The molecule has 11 heteroatoms. The molecule has 31 heavy (non-hydrogen) atoms. The fraction of sp³-hybridized carbons (Fsp3) is 0.500. The third-order valence-corrected chi connectivity index (χ3v) is 6.42. The smallest absolute Gasteiger partial charge is 0.432 e. The molecule has 6 nitrogen and oxygen atoms in total. The number of halogens is 3. The van der Waals surface area contributed by atoms with Gasteiger partial charge in [-0.05, 0) is 51.2 Å². The number of rotatable bonds is 14. The van der Waals surface area contributed by atoms with Crippen molar-refractivity contribution in [2.45, 2.75) is 19.0 Å². The Morgan fingerprint density at radius 3 is 2.35 bits per heavy atom. The molecule has 0 unspecified atom stereocenters. The number of ether oxygens (including phenoxy) is 1. The standard InChI is InChI=1S/C20H29F3N4O2S2/c1-27(2)11-13-31-30-12-5-4-10-25-19(28)17(14-24)18(20(21,22)23)26-15-6-8-16(29-3)9-7-15/h6-9,14,24,26H,4-5,10-13H2,1-3H3,(H,25,28)/b18-17+,24-14?. The van der Waals surface area contributed by atoms with Crippen LogP contribution in [0.15, 0.2) is 35.5 Å². The van der Waals surface area contributed by atoms with Crippen molar-refractivity contribution in [3.05, 3.63) is 35.5 Å². The quantitative estimate of drug-likeness (QED) is 0.159. The summed E-state index contributed by atoms with van der Waals surface area (Å²) in [5.74, 6) is 1.47. The van der Waals surface area contributed by atoms with Gasteiger partial charge in [-0.2, -0.15) is 13.2 Å². The van der Waals surface area contributed by atoms with E-state index in [9.17, 15) is 18.0 Å². The number of hydrogen-bond acceptors (Lipinski definition) is 7. The van der Waals surface area contributed by atoms with E-state index in [1.54, 1.807) is 21.6 Å². The van der Waals surface area contributed by atoms with Gasteiger partial charge in [0.25, 0.3) is 5.91 Å². The van der Waals surface area contributed by atoms with Crippen LogP contribution in [0.5, 0.6) is 5.75 Å². The molecule has 0 aromatic heterocycles. The highest BCUT2D eigenvalue weighted by Crippen LogP contribution is 2.30. The van der Waals surface area contributed by atoms with Crippen molar-refractivity contribution in [1.29, 1.82) is 5.41 Å². The van der Waals surface area contributed by atoms with E-state index in [0.717, 1.165) is 24.5 Å². The molecule has 1 aromatic carbocycles. The van der Waals surface area contributed by atoms with Gasteiger partial charge >= 0.3 is 6.18 Å². The summed E-state index contributed by atoms with van der Waals surface area (Å²) >= 11 is 0. The van der Waals surface area contributed by atoms with E-state index in [1.165, 1.54) is 31.4 Å². The fourth-order valence-electron chi connectivity index (χ4n) is 2.28. The van der Waals surface area contributed by atoms with Crippen molar-refractivity contribution in [3.63, 3.8) is 0 Å². The molecule has 0 aliphatic carbocycles. The van der Waals surface area contributed by atoms with Crippen molar-refractivity contribution >= 4 is 39.4 Å². The van der Waals surface area contributed by atoms with Gasteiger partial charge in [-0.3, -0.25) is 4.79 Å². The predicted octanol–water partition coefficient (Wildman–Crippen LogP) is 4.41. The van der Waals surface area contributed by atoms with Gasteiger partial charge < -0.3 is 25.7 Å². The van der Waals surface area contributed by atoms with Crippen LogP contribution in [-0.4, -0.2) is 69.0 Å². The number of benzene rings is 1. The average molecular weight is 479 g/mol. The molecule has 0 aliphatic rings. The highest BCUT2D eigenvalue weighted by Gasteiger charge is 2.38. The van der Waals surface area contributed by atoms with Crippen LogP contribution in [0.2, 0.25) is 0 Å². The number of amides is 1. The second-order valence-electron chi connectivity index (χ2n) is 6.69. The molecule has 3 N–H and O–H groups in total. The molecule has 0 radical (unpaired) electrons. The van der Waals surface area contributed by atoms with Crippen molar-refractivity contribution in [2.75, 3.05) is 51.1 Å². The Morgan fingerprint density at radius 2 is 1.81 bits per heavy atom. The number of hydrogen-bond donors (Lipinski definition) is 3. The van der Waals surface area contributed by atoms with Crippen LogP contribution >= 0.6 is 21.6 Å². The van der Waals surface area contributed by atoms with Crippen LogP contribution in [0.3, 0.4) is 0 Å². The molecule has 174 valence electrons. The zero-order valence-corrected chi connectivity index (χ0v) is 19.5. The minimum absolute atomic E-state index is 0.129. The number of alkyl halides is 3. The lowest BCUT2D eigenvalue weighted by atomic mass is 10.1. The average Bonchev–Trinajstić information content (AvgIpc) is 2.72. The first-order valence-electron chi connectivity index (χ1n) is 9.59. The lowest BCUT2D eigenvalue weighted by Gasteiger charge is -2.17. The van der Waals surface area contributed by atoms with E-state index < -0.39 is 23.4 Å². The minimum atomic E-state index is -4.83. The highest BCUT2D eigenvalue weighted by molar-refractivity contribution is 8.76. The molecule has 0 heterocycles. The van der Waals surface area contributed by atoms with E-state index in [4.69, 9.17) is 10.1 Å². The first kappa shape index (κ1) is 27.2. The van der Waals surface area contributed by atoms with Crippen LogP contribution in [0.25, 0.3) is 0 Å². The van der Waals surface area contributed by atoms with E-state index in [2.05, 4.69) is 15.5 Å². The number of carbonyl (C=O) groups excluding carboxylic acids is 1. The van der Waals surface area contributed by atoms with Crippen molar-refractivity contribution < 1.29 is 22.7 Å². The second kappa shape index (κ2) is 14.3. The summed E-state index contributed by atoms with van der Waals surface area (Å²) < 4.78 is 45.6. The summed E-state index contributed by atoms with van der Waals surface area (Å²) in [6, 6.07) is 5.80. The van der Waals surface area contributed by atoms with Gasteiger partial charge in [-0.1, -0.05) is 21.6 Å². The zero-order chi connectivity index (χ0) is 23.3. The summed E-state index contributed by atoms with van der Waals surface area (Å²) in [4.78, 5) is 14.4. The molecular weight excluding hydrogens is 449 g/mol. The maximum absolute atomic E-state index is 13.6. The van der Waals surface area contributed by atoms with Crippen LogP contribution in [-0.2, 0) is 4.79 Å². The van der Waals surface area contributed by atoms with Gasteiger partial charge in [0.1, 0.15) is 11.4 Å². The van der Waals surface area contributed by atoms with Gasteiger partial charge in [0.2, 0.25) is 0 Å². The number of unbranched alkanes of at least 4 members (excludes halogenated alkanes) is 1. The van der Waals surface area contributed by atoms with Crippen molar-refractivity contribution in [2.24, 2.45) is 0 Å². The summed E-state index contributed by atoms with van der Waals surface area (Å²) in [5.41, 5.74) is -1.92. The van der Waals surface area contributed by atoms with Crippen molar-refractivity contribution in [3.8, 4) is 5.75 Å². The van der Waals surface area contributed by atoms with Crippen molar-refractivity contribution in [1.82, 2.24) is 10.2 Å². The summed E-state index contributed by atoms with van der Waals surface area (Å²) in [6.45, 7) is 1.24. The molecule has 0 bridgehead atoms. The van der Waals surface area contributed by atoms with Gasteiger partial charge in [0, 0.05) is 36.5 Å². The zero-order valence-electron chi connectivity index (χ0n) is 17.8. The maximum atomic E-state index is 13.6. The summed E-state index contributed by atoms with van der Waals surface area (Å²) in [5, 5.41) is 12.1. The predicted molar refractivity (Wildman–Crippen MR) is 124 cm³/mol. The minimum Gasteiger partial charge on any atom is -0.497 e. The number of nitrogens with one attached hydrogen (secondary N) is 3. The normalized spacial score (nSPS) is 12.4. The Balaban J connectivity index is 2.61. The van der Waals surface area contributed by atoms with Gasteiger partial charge in [-0.25, -0.2) is 0 Å². The molecule has 1 aromatic rings. The number of allylic oxidation sites excluding steroid dienone is 1. The molecular formula is C20H29F3N4O2S2. The van der Waals surface area contributed by atoms with Gasteiger partial charge in [0.15, 0.2) is 0 Å². The summed E-state index contributed by atoms with van der Waals surface area (Å²) in [6.07, 6.45) is -2.93. The lowest BCUT2D eigenvalue weighted by Crippen LogP contribution is -2.32. The molecule has 1 amide bonds. The molecule has 0 saturated heterocycles. The molecule has 0 atom stereocenters. The second-order valence-corrected chi connectivity index (χ2v) is 9.40. The third-order valence-electron chi connectivity index (χ3n) is 3.95. The Labute approximate surface area is 189 Å². The van der Waals surface area contributed by atoms with E-state index in [1.807, 2.05) is 14.1 Å². The van der Waals surface area contributed by atoms with Gasteiger partial charge in [-0.15, -0.1) is 0 Å². The first-order chi connectivity index (χ1) is 14.7. The van der Waals surface area contributed by atoms with Crippen LogP contribution < -0.4 is 15.4 Å². The third kappa shape index (κ3) is 10.8. The molecule has 0 aliphatic heterocycles. The molecule has 0 spiro atoms. The lowest BCUT2D eigenvalue weighted by molar-refractivity contribution is -0.118. The van der Waals surface area contributed by atoms with Crippen LogP contribution in [0.4, 0.5) is 18.9 Å². The van der Waals surface area contributed by atoms with Gasteiger partial charge in [0.05, 0.1) is 12.7 Å². The first-order valence-corrected chi connectivity index (χ1v) is 12.1. The van der Waals surface area contributed by atoms with E-state index in [0.29, 0.717) is 18.4 Å². The van der Waals surface area contributed by atoms with E-state index >= 15 is 0 Å². The fourth-order valence-corrected chi connectivity index (χ4v) is 4.56. The number of anilines is 1. The number of methoxy groups -OCH3 is 1. The molecule has 0 saturated carbocycles. The molecule has 1 rings (SSSR count). The monoisotopic (exact) mass is 478 g/mol. The molecule has 0 fully saturated rings. The SMILES string of the molecule is COc1ccc(N/C(=C(\C=N)C(=O)NCCCCSSCCN(C)C)C(F)(F)F)cc1. The Kier molecular flexibility index (Phi) is 12.5. The Hall–Kier alpha value is -1.85. The number of carbonyl (C=O) groups is 1. The Bertz CT molecular complexity index is 726. The number of nitrogens with zero attached hydrogens (tertiary/aromatic N) is 1. The van der Waals surface area contributed by atoms with Crippen LogP contribution in [0, 0.1) is 5.41 Å². The topological polar surface area (TPSA) is 77.4 Å². The highest BCUT2D eigenvalue weighted by atomic mass is 33.1. The van der Waals surface area contributed by atoms with Crippen LogP contribution in [0.1, 0.15) is 12.8 Å².